The first-order valence-corrected chi connectivity index (χ1v) is 7.86. The third-order valence-corrected chi connectivity index (χ3v) is 4.73. The third-order valence-electron chi connectivity index (χ3n) is 4.73. The molecule has 4 heteroatoms. The first kappa shape index (κ1) is 13.5. The fourth-order valence-corrected chi connectivity index (χ4v) is 3.73. The number of benzene rings is 1. The Balaban J connectivity index is 1.70. The topological polar surface area (TPSA) is 36.4 Å². The maximum Gasteiger partial charge on any atom is 0.255 e. The molecular formula is C18H19N3O. The molecule has 0 radical (unpaired) electrons. The zero-order chi connectivity index (χ0) is 14.9. The van der Waals surface area contributed by atoms with E-state index in [1.807, 2.05) is 23.1 Å². The second-order valence-corrected chi connectivity index (χ2v) is 6.01. The van der Waals surface area contributed by atoms with Gasteiger partial charge in [-0.1, -0.05) is 30.3 Å². The number of nitrogens with zero attached hydrogens (tertiary/aromatic N) is 3. The summed E-state index contributed by atoms with van der Waals surface area (Å²) in [5, 5.41) is 0. The molecule has 1 aromatic heterocycles. The molecule has 3 heterocycles. The molecule has 2 fully saturated rings. The van der Waals surface area contributed by atoms with E-state index >= 15 is 0 Å². The first-order valence-electron chi connectivity index (χ1n) is 7.86. The average molecular weight is 293 g/mol. The van der Waals surface area contributed by atoms with E-state index in [4.69, 9.17) is 0 Å². The van der Waals surface area contributed by atoms with Crippen LogP contribution in [0.25, 0.3) is 0 Å². The quantitative estimate of drug-likeness (QED) is 0.854. The van der Waals surface area contributed by atoms with Crippen LogP contribution >= 0.6 is 0 Å². The van der Waals surface area contributed by atoms with Crippen molar-refractivity contribution < 1.29 is 4.79 Å². The lowest BCUT2D eigenvalue weighted by Gasteiger charge is -2.30. The summed E-state index contributed by atoms with van der Waals surface area (Å²) in [7, 11) is 0. The molecule has 2 saturated heterocycles. The Bertz CT molecular complexity index is 659. The van der Waals surface area contributed by atoms with Gasteiger partial charge in [0.2, 0.25) is 0 Å². The summed E-state index contributed by atoms with van der Waals surface area (Å²) in [4.78, 5) is 21.4. The predicted molar refractivity (Wildman–Crippen MR) is 84.2 cm³/mol. The number of carbonyl (C=O) groups excluding carboxylic acids is 1. The van der Waals surface area contributed by atoms with Crippen molar-refractivity contribution in [3.05, 3.63) is 66.0 Å². The van der Waals surface area contributed by atoms with Crippen LogP contribution in [0, 0.1) is 0 Å². The lowest BCUT2D eigenvalue weighted by Crippen LogP contribution is -2.35. The monoisotopic (exact) mass is 293 g/mol. The van der Waals surface area contributed by atoms with E-state index in [-0.39, 0.29) is 12.1 Å². The van der Waals surface area contributed by atoms with Gasteiger partial charge in [-0.15, -0.1) is 0 Å². The van der Waals surface area contributed by atoms with Gasteiger partial charge in [0.25, 0.3) is 5.91 Å². The summed E-state index contributed by atoms with van der Waals surface area (Å²) in [6, 6.07) is 14.5. The molecule has 2 aliphatic heterocycles. The van der Waals surface area contributed by atoms with Gasteiger partial charge in [-0.05, 0) is 30.5 Å². The standard InChI is InChI=1S/C18H19N3O/c22-18(15-8-10-19-11-9-15)21-13-16-7-4-12-20(16)17(21)14-5-2-1-3-6-14/h1-3,5-6,8-11,16-17H,4,7,12-13H2. The number of aromatic nitrogens is 1. The van der Waals surface area contributed by atoms with Crippen molar-refractivity contribution in [3.8, 4) is 0 Å². The maximum atomic E-state index is 12.9. The Morgan fingerprint density at radius 3 is 2.64 bits per heavy atom. The highest BCUT2D eigenvalue weighted by molar-refractivity contribution is 5.94. The van der Waals surface area contributed by atoms with E-state index in [0.717, 1.165) is 18.7 Å². The number of amides is 1. The molecule has 2 aromatic rings. The first-order chi connectivity index (χ1) is 10.8. The Morgan fingerprint density at radius 2 is 1.86 bits per heavy atom. The Kier molecular flexibility index (Phi) is 3.39. The molecule has 1 amide bonds. The highest BCUT2D eigenvalue weighted by Crippen LogP contribution is 2.39. The molecule has 4 nitrogen and oxygen atoms in total. The van der Waals surface area contributed by atoms with Crippen LogP contribution in [0.2, 0.25) is 0 Å². The fourth-order valence-electron chi connectivity index (χ4n) is 3.73. The molecule has 1 aromatic carbocycles. The summed E-state index contributed by atoms with van der Waals surface area (Å²) in [6.07, 6.45) is 5.84. The highest BCUT2D eigenvalue weighted by atomic mass is 16.2. The van der Waals surface area contributed by atoms with Crippen LogP contribution in [0.4, 0.5) is 0 Å². The van der Waals surface area contributed by atoms with Crippen LogP contribution in [0.1, 0.15) is 34.9 Å². The van der Waals surface area contributed by atoms with Gasteiger partial charge in [0.15, 0.2) is 0 Å². The molecule has 2 aliphatic rings. The van der Waals surface area contributed by atoms with Crippen molar-refractivity contribution in [2.75, 3.05) is 13.1 Å². The van der Waals surface area contributed by atoms with Gasteiger partial charge < -0.3 is 4.90 Å². The molecule has 2 unspecified atom stereocenters. The van der Waals surface area contributed by atoms with Crippen LogP contribution < -0.4 is 0 Å². The molecule has 4 rings (SSSR count). The van der Waals surface area contributed by atoms with Gasteiger partial charge >= 0.3 is 0 Å². The molecular weight excluding hydrogens is 274 g/mol. The van der Waals surface area contributed by atoms with Crippen molar-refractivity contribution >= 4 is 5.91 Å². The molecule has 0 saturated carbocycles. The molecule has 0 spiro atoms. The van der Waals surface area contributed by atoms with Gasteiger partial charge in [-0.3, -0.25) is 14.7 Å². The van der Waals surface area contributed by atoms with E-state index in [0.29, 0.717) is 6.04 Å². The highest BCUT2D eigenvalue weighted by Gasteiger charge is 2.44. The van der Waals surface area contributed by atoms with E-state index in [1.165, 1.54) is 18.4 Å². The number of pyridine rings is 1. The van der Waals surface area contributed by atoms with Crippen molar-refractivity contribution in [1.82, 2.24) is 14.8 Å². The Labute approximate surface area is 130 Å². The smallest absolute Gasteiger partial charge is 0.255 e. The van der Waals surface area contributed by atoms with Crippen molar-refractivity contribution in [1.29, 1.82) is 0 Å². The van der Waals surface area contributed by atoms with E-state index in [2.05, 4.69) is 22.0 Å². The van der Waals surface area contributed by atoms with Crippen LogP contribution in [0.15, 0.2) is 54.9 Å². The SMILES string of the molecule is O=C(c1ccncc1)N1CC2CCCN2C1c1ccccc1. The Hall–Kier alpha value is -2.20. The normalized spacial score (nSPS) is 24.5. The molecule has 2 atom stereocenters. The average Bonchev–Trinajstić information content (AvgIpc) is 3.16. The number of rotatable bonds is 2. The summed E-state index contributed by atoms with van der Waals surface area (Å²) in [5.41, 5.74) is 1.92. The summed E-state index contributed by atoms with van der Waals surface area (Å²) in [6.45, 7) is 1.89. The zero-order valence-electron chi connectivity index (χ0n) is 12.4. The minimum atomic E-state index is 0.0642. The summed E-state index contributed by atoms with van der Waals surface area (Å²) >= 11 is 0. The molecule has 0 aliphatic carbocycles. The predicted octanol–water partition coefficient (Wildman–Crippen LogP) is 2.70. The number of hydrogen-bond acceptors (Lipinski definition) is 3. The van der Waals surface area contributed by atoms with Crippen molar-refractivity contribution in [2.45, 2.75) is 25.0 Å². The lowest BCUT2D eigenvalue weighted by atomic mass is 10.1. The van der Waals surface area contributed by atoms with Gasteiger partial charge in [-0.2, -0.15) is 0 Å². The number of hydrogen-bond donors (Lipinski definition) is 0. The van der Waals surface area contributed by atoms with E-state index in [1.54, 1.807) is 24.5 Å². The van der Waals surface area contributed by atoms with Crippen LogP contribution in [0.5, 0.6) is 0 Å². The van der Waals surface area contributed by atoms with Crippen molar-refractivity contribution in [2.24, 2.45) is 0 Å². The van der Waals surface area contributed by atoms with Crippen LogP contribution in [-0.2, 0) is 0 Å². The minimum absolute atomic E-state index is 0.0642. The zero-order valence-corrected chi connectivity index (χ0v) is 12.4. The van der Waals surface area contributed by atoms with Crippen LogP contribution in [0.3, 0.4) is 0 Å². The maximum absolute atomic E-state index is 12.9. The molecule has 22 heavy (non-hydrogen) atoms. The van der Waals surface area contributed by atoms with Crippen molar-refractivity contribution in [3.63, 3.8) is 0 Å². The lowest BCUT2D eigenvalue weighted by molar-refractivity contribution is 0.0639. The van der Waals surface area contributed by atoms with E-state index in [9.17, 15) is 4.79 Å². The minimum Gasteiger partial charge on any atom is -0.317 e. The van der Waals surface area contributed by atoms with Gasteiger partial charge in [0, 0.05) is 37.1 Å². The van der Waals surface area contributed by atoms with E-state index < -0.39 is 0 Å². The summed E-state index contributed by atoms with van der Waals surface area (Å²) < 4.78 is 0. The second-order valence-electron chi connectivity index (χ2n) is 6.01. The van der Waals surface area contributed by atoms with Gasteiger partial charge in [-0.25, -0.2) is 0 Å². The second kappa shape index (κ2) is 5.54. The van der Waals surface area contributed by atoms with Crippen LogP contribution in [-0.4, -0.2) is 39.8 Å². The number of carbonyl (C=O) groups is 1. The largest absolute Gasteiger partial charge is 0.317 e. The number of fused-ring (bicyclic) bond motifs is 1. The molecule has 0 bridgehead atoms. The van der Waals surface area contributed by atoms with Gasteiger partial charge in [0.05, 0.1) is 0 Å². The molecule has 112 valence electrons. The molecule has 0 N–H and O–H groups in total. The fraction of sp³-hybridized carbons (Fsp3) is 0.333. The third kappa shape index (κ3) is 2.20. The summed E-state index contributed by atoms with van der Waals surface area (Å²) in [5.74, 6) is 0.102. The Morgan fingerprint density at radius 1 is 1.09 bits per heavy atom. The van der Waals surface area contributed by atoms with Gasteiger partial charge in [0.1, 0.15) is 6.17 Å².